The van der Waals surface area contributed by atoms with Gasteiger partial charge in [0, 0.05) is 48.1 Å². The molecule has 0 saturated heterocycles. The van der Waals surface area contributed by atoms with E-state index in [-0.39, 0.29) is 28.2 Å². The highest BCUT2D eigenvalue weighted by Crippen LogP contribution is 2.48. The second-order valence-electron chi connectivity index (χ2n) is 13.7. The zero-order valence-corrected chi connectivity index (χ0v) is 32.5. The highest BCUT2D eigenvalue weighted by atomic mass is 32.2. The summed E-state index contributed by atoms with van der Waals surface area (Å²) < 4.78 is 46.1. The zero-order valence-electron chi connectivity index (χ0n) is 31.7. The van der Waals surface area contributed by atoms with Crippen molar-refractivity contribution >= 4 is 56.9 Å². The number of ether oxygens (including phenoxy) is 3. The van der Waals surface area contributed by atoms with E-state index in [4.69, 9.17) is 14.2 Å². The fraction of sp³-hybridized carbons (Fsp3) is 0.405. The molecule has 3 aromatic carbocycles. The molecule has 5 rings (SSSR count). The standard InChI is InChI=1S/C42H48F2N4O7S/c1-3-4-5-6-8-11-39(50)56-27-38(49)46-21-9-7-10-23-54-37-26-33-31(25-36(37)53-2)34(18-22-45-33)55-35-17-16-30(24-32(35)44)48-41(52)42(19-20-42)40(51)47-29-14-12-28(43)13-15-29/h12-18,22,24-26H,3-11,19-21,23,27H2,1-2H3,(H,46,49)(H,47,51)(H,48,52). The van der Waals surface area contributed by atoms with Crippen LogP contribution in [0.15, 0.2) is 66.9 Å². The number of unbranched alkanes of at least 4 members (excludes halogenated alkanes) is 6. The smallest absolute Gasteiger partial charge is 0.240 e. The Morgan fingerprint density at radius 1 is 0.786 bits per heavy atom. The molecule has 1 aromatic heterocycles. The topological polar surface area (TPSA) is 145 Å². The Balaban J connectivity index is 1.07. The van der Waals surface area contributed by atoms with Gasteiger partial charge in [-0.05, 0) is 87.1 Å². The minimum atomic E-state index is -1.30. The maximum Gasteiger partial charge on any atom is 0.240 e. The number of anilines is 2. The van der Waals surface area contributed by atoms with Crippen molar-refractivity contribution in [1.29, 1.82) is 0 Å². The van der Waals surface area contributed by atoms with Gasteiger partial charge in [0.05, 0.1) is 25.0 Å². The van der Waals surface area contributed by atoms with Gasteiger partial charge >= 0.3 is 0 Å². The lowest BCUT2D eigenvalue weighted by molar-refractivity contribution is -0.131. The predicted octanol–water partition coefficient (Wildman–Crippen LogP) is 8.96. The van der Waals surface area contributed by atoms with Crippen LogP contribution < -0.4 is 30.2 Å². The van der Waals surface area contributed by atoms with Gasteiger partial charge in [-0.3, -0.25) is 24.2 Å². The van der Waals surface area contributed by atoms with E-state index in [9.17, 15) is 23.6 Å². The zero-order chi connectivity index (χ0) is 39.9. The lowest BCUT2D eigenvalue weighted by Gasteiger charge is -2.16. The first-order valence-corrected chi connectivity index (χ1v) is 20.0. The highest BCUT2D eigenvalue weighted by Gasteiger charge is 2.56. The number of rotatable bonds is 22. The van der Waals surface area contributed by atoms with Crippen molar-refractivity contribution in [3.05, 3.63) is 78.5 Å². The molecular formula is C42H48F2N4O7S. The summed E-state index contributed by atoms with van der Waals surface area (Å²) in [5.74, 6) is -1.12. The Bertz CT molecular complexity index is 1990. The first-order valence-electron chi connectivity index (χ1n) is 19.0. The summed E-state index contributed by atoms with van der Waals surface area (Å²) >= 11 is 1.09. The number of carbonyl (C=O) groups is 4. The van der Waals surface area contributed by atoms with E-state index in [1.807, 2.05) is 0 Å². The number of nitrogens with zero attached hydrogens (tertiary/aromatic N) is 1. The number of nitrogens with one attached hydrogen (secondary N) is 3. The van der Waals surface area contributed by atoms with Crippen molar-refractivity contribution in [2.75, 3.05) is 36.6 Å². The van der Waals surface area contributed by atoms with Gasteiger partial charge in [-0.1, -0.05) is 44.4 Å². The van der Waals surface area contributed by atoms with Crippen LogP contribution in [0.4, 0.5) is 20.2 Å². The Morgan fingerprint density at radius 3 is 2.21 bits per heavy atom. The van der Waals surface area contributed by atoms with Gasteiger partial charge in [0.2, 0.25) is 17.7 Å². The number of carbonyl (C=O) groups excluding carboxylic acids is 4. The molecule has 0 radical (unpaired) electrons. The molecular weight excluding hydrogens is 743 g/mol. The van der Waals surface area contributed by atoms with E-state index in [1.165, 1.54) is 56.1 Å². The second kappa shape index (κ2) is 20.6. The second-order valence-corrected chi connectivity index (χ2v) is 14.7. The maximum atomic E-state index is 15.3. The predicted molar refractivity (Wildman–Crippen MR) is 213 cm³/mol. The van der Waals surface area contributed by atoms with E-state index in [2.05, 4.69) is 27.9 Å². The third-order valence-corrected chi connectivity index (χ3v) is 10.3. The molecule has 1 saturated carbocycles. The number of aromatic nitrogens is 1. The summed E-state index contributed by atoms with van der Waals surface area (Å²) in [6, 6.07) is 14.2. The number of thioether (sulfide) groups is 1. The van der Waals surface area contributed by atoms with Crippen molar-refractivity contribution < 1.29 is 42.2 Å². The van der Waals surface area contributed by atoms with E-state index in [0.29, 0.717) is 66.3 Å². The number of hydrogen-bond acceptors (Lipinski definition) is 9. The number of fused-ring (bicyclic) bond motifs is 1. The fourth-order valence-corrected chi connectivity index (χ4v) is 6.63. The number of methoxy groups -OCH3 is 1. The third-order valence-electron chi connectivity index (χ3n) is 9.37. The van der Waals surface area contributed by atoms with Crippen molar-refractivity contribution in [2.24, 2.45) is 5.41 Å². The van der Waals surface area contributed by atoms with Crippen LogP contribution in [0.2, 0.25) is 0 Å². The fourth-order valence-electron chi connectivity index (χ4n) is 5.94. The maximum absolute atomic E-state index is 15.3. The van der Waals surface area contributed by atoms with Crippen molar-refractivity contribution in [3.63, 3.8) is 0 Å². The summed E-state index contributed by atoms with van der Waals surface area (Å²) in [5, 5.41) is 8.77. The van der Waals surface area contributed by atoms with E-state index in [0.717, 1.165) is 62.8 Å². The lowest BCUT2D eigenvalue weighted by atomic mass is 10.0. The number of halogens is 2. The number of pyridine rings is 1. The Morgan fingerprint density at radius 2 is 1.50 bits per heavy atom. The molecule has 56 heavy (non-hydrogen) atoms. The molecule has 0 atom stereocenters. The van der Waals surface area contributed by atoms with Gasteiger partial charge in [0.25, 0.3) is 0 Å². The van der Waals surface area contributed by atoms with Crippen LogP contribution in [0, 0.1) is 17.0 Å². The average molecular weight is 791 g/mol. The third kappa shape index (κ3) is 11.9. The van der Waals surface area contributed by atoms with Crippen LogP contribution in [0.5, 0.6) is 23.0 Å². The molecule has 0 bridgehead atoms. The average Bonchev–Trinajstić information content (AvgIpc) is 4.01. The van der Waals surface area contributed by atoms with Crippen LogP contribution >= 0.6 is 11.8 Å². The van der Waals surface area contributed by atoms with Crippen molar-refractivity contribution in [2.45, 2.75) is 77.6 Å². The minimum Gasteiger partial charge on any atom is -0.493 e. The van der Waals surface area contributed by atoms with Crippen LogP contribution in [-0.2, 0) is 19.2 Å². The molecule has 0 aliphatic heterocycles. The van der Waals surface area contributed by atoms with Crippen LogP contribution in [0.1, 0.15) is 77.6 Å². The van der Waals surface area contributed by atoms with Gasteiger partial charge < -0.3 is 30.2 Å². The Hall–Kier alpha value is -5.24. The molecule has 3 amide bonds. The summed E-state index contributed by atoms with van der Waals surface area (Å²) in [6.07, 6.45) is 10.4. The molecule has 1 fully saturated rings. The van der Waals surface area contributed by atoms with E-state index >= 15 is 4.39 Å². The highest BCUT2D eigenvalue weighted by molar-refractivity contribution is 8.14. The largest absolute Gasteiger partial charge is 0.493 e. The summed E-state index contributed by atoms with van der Waals surface area (Å²) in [6.45, 7) is 3.08. The quantitative estimate of drug-likeness (QED) is 0.0525. The van der Waals surface area contributed by atoms with Crippen molar-refractivity contribution in [3.8, 4) is 23.0 Å². The number of hydrogen-bond donors (Lipinski definition) is 3. The molecule has 0 unspecified atom stereocenters. The molecule has 4 aromatic rings. The summed E-state index contributed by atoms with van der Waals surface area (Å²) in [4.78, 5) is 54.5. The Labute approximate surface area is 329 Å². The Kier molecular flexibility index (Phi) is 15.4. The molecule has 14 heteroatoms. The van der Waals surface area contributed by atoms with Crippen LogP contribution in [0.25, 0.3) is 10.9 Å². The number of benzene rings is 3. The summed E-state index contributed by atoms with van der Waals surface area (Å²) in [5.41, 5.74) is -0.248. The molecule has 298 valence electrons. The molecule has 3 N–H and O–H groups in total. The number of amides is 3. The van der Waals surface area contributed by atoms with E-state index < -0.39 is 28.9 Å². The van der Waals surface area contributed by atoms with Gasteiger partial charge in [-0.25, -0.2) is 8.78 Å². The lowest BCUT2D eigenvalue weighted by Crippen LogP contribution is -2.35. The first kappa shape index (κ1) is 41.9. The van der Waals surface area contributed by atoms with Gasteiger partial charge in [0.1, 0.15) is 17.0 Å². The normalized spacial score (nSPS) is 12.8. The van der Waals surface area contributed by atoms with Gasteiger partial charge in [0.15, 0.2) is 28.2 Å². The molecule has 0 spiro atoms. The van der Waals surface area contributed by atoms with Crippen LogP contribution in [0.3, 0.4) is 0 Å². The molecule has 1 heterocycles. The monoisotopic (exact) mass is 790 g/mol. The minimum absolute atomic E-state index is 0.0681. The molecule has 1 aliphatic rings. The van der Waals surface area contributed by atoms with Crippen LogP contribution in [-0.4, -0.2) is 53.8 Å². The van der Waals surface area contributed by atoms with E-state index in [1.54, 1.807) is 18.2 Å². The van der Waals surface area contributed by atoms with Gasteiger partial charge in [-0.15, -0.1) is 0 Å². The SMILES string of the molecule is CCCCCCCC(=O)SCC(=O)NCCCCCOc1cc2nccc(Oc3ccc(NC(=O)C4(C(=O)Nc5ccc(F)cc5)CC4)cc3F)c2cc1OC. The van der Waals surface area contributed by atoms with Gasteiger partial charge in [-0.2, -0.15) is 0 Å². The molecule has 11 nitrogen and oxygen atoms in total. The summed E-state index contributed by atoms with van der Waals surface area (Å²) in [7, 11) is 1.51. The van der Waals surface area contributed by atoms with Crippen molar-refractivity contribution in [1.82, 2.24) is 10.3 Å². The molecule has 1 aliphatic carbocycles. The first-order chi connectivity index (χ1) is 27.1.